The zero-order valence-electron chi connectivity index (χ0n) is 16.7. The highest BCUT2D eigenvalue weighted by molar-refractivity contribution is 6.31. The highest BCUT2D eigenvalue weighted by Crippen LogP contribution is 2.21. The Morgan fingerprint density at radius 1 is 1.28 bits per heavy atom. The van der Waals surface area contributed by atoms with Crippen LogP contribution in [0.1, 0.15) is 30.7 Å². The van der Waals surface area contributed by atoms with Gasteiger partial charge in [0.15, 0.2) is 5.69 Å². The van der Waals surface area contributed by atoms with Gasteiger partial charge in [0, 0.05) is 17.6 Å². The monoisotopic (exact) mass is 452 g/mol. The van der Waals surface area contributed by atoms with Crippen LogP contribution >= 0.6 is 11.6 Å². The molecule has 2 aromatic carbocycles. The number of nitriles is 1. The van der Waals surface area contributed by atoms with Crippen molar-refractivity contribution in [3.8, 4) is 6.07 Å². The minimum absolute atomic E-state index is 0.226. The second-order valence-electron chi connectivity index (χ2n) is 6.65. The highest BCUT2D eigenvalue weighted by atomic mass is 35.5. The van der Waals surface area contributed by atoms with Crippen LogP contribution in [0.2, 0.25) is 5.02 Å². The largest absolute Gasteiger partial charge is 0.382 e. The minimum Gasteiger partial charge on any atom is -0.382 e. The molecule has 0 spiro atoms. The van der Waals surface area contributed by atoms with E-state index >= 15 is 0 Å². The summed E-state index contributed by atoms with van der Waals surface area (Å²) in [6, 6.07) is 12.5. The van der Waals surface area contributed by atoms with Crippen LogP contribution in [0.15, 0.2) is 52.4 Å². The maximum absolute atomic E-state index is 12.7. The molecule has 0 saturated carbocycles. The third-order valence-electron chi connectivity index (χ3n) is 4.24. The number of aliphatic hydroxyl groups excluding tert-OH is 1. The van der Waals surface area contributed by atoms with E-state index in [-0.39, 0.29) is 17.3 Å². The molecule has 11 heteroatoms. The van der Waals surface area contributed by atoms with Gasteiger partial charge < -0.3 is 15.4 Å². The third-order valence-corrected chi connectivity index (χ3v) is 4.48. The number of hydrazone groups is 1. The Kier molecular flexibility index (Phi) is 6.94. The molecule has 0 bridgehead atoms. The van der Waals surface area contributed by atoms with Crippen molar-refractivity contribution in [2.75, 3.05) is 5.32 Å². The van der Waals surface area contributed by atoms with Gasteiger partial charge in [-0.25, -0.2) is 10.4 Å². The van der Waals surface area contributed by atoms with E-state index in [0.717, 1.165) is 0 Å². The Hall–Kier alpha value is -4.07. The number of hydrogen-bond donors (Lipinski definition) is 4. The maximum atomic E-state index is 12.7. The zero-order valence-corrected chi connectivity index (χ0v) is 17.5. The predicted molar refractivity (Wildman–Crippen MR) is 118 cm³/mol. The van der Waals surface area contributed by atoms with Crippen LogP contribution in [0.3, 0.4) is 0 Å². The molecular formula is C21H17ClN6O4. The van der Waals surface area contributed by atoms with Crippen LogP contribution in [0.4, 0.5) is 5.69 Å². The van der Waals surface area contributed by atoms with Crippen LogP contribution in [0.5, 0.6) is 0 Å². The van der Waals surface area contributed by atoms with Crippen molar-refractivity contribution in [1.29, 1.82) is 5.26 Å². The molecule has 10 nitrogen and oxygen atoms in total. The highest BCUT2D eigenvalue weighted by Gasteiger charge is 2.23. The molecule has 1 atom stereocenters. The van der Waals surface area contributed by atoms with Gasteiger partial charge in [0.2, 0.25) is 5.91 Å². The van der Waals surface area contributed by atoms with Crippen molar-refractivity contribution < 1.29 is 14.7 Å². The molecule has 0 aliphatic heterocycles. The van der Waals surface area contributed by atoms with Crippen LogP contribution in [-0.2, 0) is 9.59 Å². The van der Waals surface area contributed by atoms with Crippen molar-refractivity contribution >= 4 is 45.8 Å². The fourth-order valence-electron chi connectivity index (χ4n) is 2.82. The van der Waals surface area contributed by atoms with Crippen molar-refractivity contribution in [3.63, 3.8) is 0 Å². The molecule has 3 aromatic rings. The van der Waals surface area contributed by atoms with E-state index < -0.39 is 24.0 Å². The summed E-state index contributed by atoms with van der Waals surface area (Å²) in [7, 11) is 0. The summed E-state index contributed by atoms with van der Waals surface area (Å²) in [5, 5.41) is 26.5. The molecule has 1 unspecified atom stereocenters. The van der Waals surface area contributed by atoms with E-state index in [1.807, 2.05) is 0 Å². The maximum Gasteiger partial charge on any atom is 0.276 e. The molecule has 162 valence electrons. The minimum atomic E-state index is -1.46. The quantitative estimate of drug-likeness (QED) is 0.330. The van der Waals surface area contributed by atoms with Crippen molar-refractivity contribution in [2.45, 2.75) is 19.4 Å². The van der Waals surface area contributed by atoms with Crippen LogP contribution < -0.4 is 16.3 Å². The Labute approximate surface area is 186 Å². The van der Waals surface area contributed by atoms with Crippen LogP contribution in [0.25, 0.3) is 11.0 Å². The molecule has 0 saturated heterocycles. The van der Waals surface area contributed by atoms with Gasteiger partial charge in [0.25, 0.3) is 11.5 Å². The number of aliphatic hydroxyl groups is 1. The van der Waals surface area contributed by atoms with E-state index in [0.29, 0.717) is 27.3 Å². The van der Waals surface area contributed by atoms with E-state index in [4.69, 9.17) is 16.9 Å². The topological polar surface area (TPSA) is 160 Å². The summed E-state index contributed by atoms with van der Waals surface area (Å²) in [5.74, 6) is -0.977. The number of benzene rings is 2. The first-order valence-electron chi connectivity index (χ1n) is 9.27. The third kappa shape index (κ3) is 5.34. The molecular weight excluding hydrogens is 436 g/mol. The Balaban J connectivity index is 2.06. The average Bonchev–Trinajstić information content (AvgIpc) is 2.74. The molecule has 3 rings (SSSR count). The summed E-state index contributed by atoms with van der Waals surface area (Å²) in [6.45, 7) is 1.36. The van der Waals surface area contributed by atoms with E-state index in [1.54, 1.807) is 30.3 Å². The van der Waals surface area contributed by atoms with Gasteiger partial charge in [0.1, 0.15) is 18.2 Å². The van der Waals surface area contributed by atoms with E-state index in [1.165, 1.54) is 25.1 Å². The van der Waals surface area contributed by atoms with Gasteiger partial charge in [-0.2, -0.15) is 10.4 Å². The smallest absolute Gasteiger partial charge is 0.276 e. The lowest BCUT2D eigenvalue weighted by atomic mass is 10.0. The van der Waals surface area contributed by atoms with Crippen molar-refractivity contribution in [1.82, 2.24) is 15.4 Å². The second-order valence-corrected chi connectivity index (χ2v) is 7.09. The van der Waals surface area contributed by atoms with Gasteiger partial charge in [-0.1, -0.05) is 23.7 Å². The number of nitrogens with zero attached hydrogens (tertiary/aromatic N) is 3. The first-order valence-corrected chi connectivity index (χ1v) is 9.65. The fourth-order valence-corrected chi connectivity index (χ4v) is 2.99. The SMILES string of the molecule is CC(=O)Nc1ccc(C(O)C(=NNC(=O)CC#N)c2nc3ccc(Cl)cc3[nH]c2=O)cc1. The molecule has 0 fully saturated rings. The number of carbonyl (C=O) groups is 2. The fraction of sp³-hybridized carbons (Fsp3) is 0.143. The Morgan fingerprint density at radius 2 is 2.00 bits per heavy atom. The number of halogens is 1. The first kappa shape index (κ1) is 22.6. The number of aromatic amines is 1. The number of fused-ring (bicyclic) bond motifs is 1. The van der Waals surface area contributed by atoms with Crippen molar-refractivity contribution in [2.24, 2.45) is 5.10 Å². The van der Waals surface area contributed by atoms with Gasteiger partial charge in [-0.3, -0.25) is 14.4 Å². The molecule has 2 amide bonds. The lowest BCUT2D eigenvalue weighted by Crippen LogP contribution is -2.29. The van der Waals surface area contributed by atoms with Gasteiger partial charge in [-0.15, -0.1) is 0 Å². The van der Waals surface area contributed by atoms with Gasteiger partial charge in [0.05, 0.1) is 17.1 Å². The molecule has 0 radical (unpaired) electrons. The molecule has 1 aromatic heterocycles. The number of aromatic nitrogens is 2. The number of rotatable bonds is 6. The summed E-state index contributed by atoms with van der Waals surface area (Å²) >= 11 is 5.95. The van der Waals surface area contributed by atoms with Crippen LogP contribution in [0, 0.1) is 11.3 Å². The summed E-state index contributed by atoms with van der Waals surface area (Å²) < 4.78 is 0. The molecule has 32 heavy (non-hydrogen) atoms. The predicted octanol–water partition coefficient (Wildman–Crippen LogP) is 2.00. The van der Waals surface area contributed by atoms with E-state index in [9.17, 15) is 19.5 Å². The van der Waals surface area contributed by atoms with E-state index in [2.05, 4.69) is 25.8 Å². The summed E-state index contributed by atoms with van der Waals surface area (Å²) in [5.41, 5.74) is 2.62. The number of amides is 2. The summed E-state index contributed by atoms with van der Waals surface area (Å²) in [6.07, 6.45) is -1.92. The molecule has 1 heterocycles. The van der Waals surface area contributed by atoms with Crippen molar-refractivity contribution in [3.05, 3.63) is 69.1 Å². The lowest BCUT2D eigenvalue weighted by molar-refractivity contribution is -0.120. The number of anilines is 1. The first-order chi connectivity index (χ1) is 15.3. The standard InChI is InChI=1S/C21H17ClN6O4/c1-11(29)24-14-5-2-12(3-6-14)20(31)18(28-27-17(30)8-9-23)19-21(32)26-16-10-13(22)4-7-15(16)25-19/h2-7,10,20,31H,8H2,1H3,(H,24,29)(H,26,32)(H,27,30). The average molecular weight is 453 g/mol. The number of H-pyrrole nitrogens is 1. The molecule has 4 N–H and O–H groups in total. The number of hydrogen-bond acceptors (Lipinski definition) is 7. The zero-order chi connectivity index (χ0) is 23.3. The molecule has 0 aliphatic carbocycles. The van der Waals surface area contributed by atoms with Gasteiger partial charge in [-0.05, 0) is 35.9 Å². The Bertz CT molecular complexity index is 1310. The summed E-state index contributed by atoms with van der Waals surface area (Å²) in [4.78, 5) is 42.5. The lowest BCUT2D eigenvalue weighted by Gasteiger charge is -2.15. The molecule has 0 aliphatic rings. The Morgan fingerprint density at radius 3 is 2.66 bits per heavy atom. The number of carbonyl (C=O) groups excluding carboxylic acids is 2. The second kappa shape index (κ2) is 9.82. The normalized spacial score (nSPS) is 12.1. The number of nitrogens with one attached hydrogen (secondary N) is 3. The van der Waals surface area contributed by atoms with Gasteiger partial charge >= 0.3 is 0 Å². The van der Waals surface area contributed by atoms with Crippen LogP contribution in [-0.4, -0.2) is 32.6 Å².